The fraction of sp³-hybridized carbons (Fsp3) is 0.429. The van der Waals surface area contributed by atoms with Crippen molar-refractivity contribution < 1.29 is 9.32 Å². The Morgan fingerprint density at radius 2 is 2.11 bits per heavy atom. The number of carbonyl (C=O) groups is 1. The Morgan fingerprint density at radius 1 is 1.37 bits per heavy atom. The van der Waals surface area contributed by atoms with Gasteiger partial charge in [0.15, 0.2) is 5.76 Å². The predicted molar refractivity (Wildman–Crippen MR) is 77.0 cm³/mol. The number of nitrogens with zero attached hydrogens (tertiary/aromatic N) is 1. The van der Waals surface area contributed by atoms with Gasteiger partial charge in [-0.2, -0.15) is 0 Å². The summed E-state index contributed by atoms with van der Waals surface area (Å²) in [4.78, 5) is 14.2. The lowest BCUT2D eigenvalue weighted by Crippen LogP contribution is -2.11. The van der Waals surface area contributed by atoms with Crippen molar-refractivity contribution >= 4 is 22.9 Å². The fourth-order valence-corrected chi connectivity index (χ4v) is 2.99. The van der Waals surface area contributed by atoms with Crippen LogP contribution < -0.4 is 5.32 Å². The highest BCUT2D eigenvalue weighted by molar-refractivity contribution is 7.14. The molecule has 0 aliphatic heterocycles. The summed E-state index contributed by atoms with van der Waals surface area (Å²) in [6, 6.07) is 1.94. The lowest BCUT2D eigenvalue weighted by molar-refractivity contribution is 0.103. The van der Waals surface area contributed by atoms with Crippen LogP contribution in [-0.4, -0.2) is 11.1 Å². The van der Waals surface area contributed by atoms with Crippen molar-refractivity contribution in [1.82, 2.24) is 5.16 Å². The average molecular weight is 278 g/mol. The molecule has 0 spiro atoms. The maximum absolute atomic E-state index is 12.2. The number of hydrogen-bond acceptors (Lipinski definition) is 4. The molecule has 1 amide bonds. The first kappa shape index (κ1) is 13.8. The van der Waals surface area contributed by atoms with Crippen molar-refractivity contribution in [2.75, 3.05) is 5.32 Å². The Labute approximate surface area is 116 Å². The standard InChI is InChI=1S/C14H18N2O2S/c1-5-10-13(9(4)16-18-10)15-14(17)12-7-8(3)11(6-2)19-12/h7H,5-6H2,1-4H3,(H,15,17). The van der Waals surface area contributed by atoms with Crippen molar-refractivity contribution in [2.45, 2.75) is 40.5 Å². The molecule has 0 aromatic carbocycles. The van der Waals surface area contributed by atoms with E-state index in [1.807, 2.05) is 26.8 Å². The van der Waals surface area contributed by atoms with Crippen LogP contribution in [-0.2, 0) is 12.8 Å². The van der Waals surface area contributed by atoms with E-state index >= 15 is 0 Å². The second kappa shape index (κ2) is 5.57. The Morgan fingerprint density at radius 3 is 2.68 bits per heavy atom. The molecule has 4 nitrogen and oxygen atoms in total. The molecule has 0 bridgehead atoms. The number of nitrogens with one attached hydrogen (secondary N) is 1. The highest BCUT2D eigenvalue weighted by atomic mass is 32.1. The van der Waals surface area contributed by atoms with Crippen molar-refractivity contribution in [3.63, 3.8) is 0 Å². The van der Waals surface area contributed by atoms with Gasteiger partial charge in [-0.15, -0.1) is 11.3 Å². The molecule has 0 aliphatic rings. The van der Waals surface area contributed by atoms with E-state index in [1.54, 1.807) is 11.3 Å². The van der Waals surface area contributed by atoms with Crippen molar-refractivity contribution in [1.29, 1.82) is 0 Å². The number of amides is 1. The average Bonchev–Trinajstić information content (AvgIpc) is 2.94. The Kier molecular flexibility index (Phi) is 4.04. The topological polar surface area (TPSA) is 55.1 Å². The number of rotatable bonds is 4. The van der Waals surface area contributed by atoms with Gasteiger partial charge in [-0.3, -0.25) is 4.79 Å². The van der Waals surface area contributed by atoms with Gasteiger partial charge in [0.2, 0.25) is 0 Å². The normalized spacial score (nSPS) is 10.7. The molecular formula is C14H18N2O2S. The molecule has 1 N–H and O–H groups in total. The van der Waals surface area contributed by atoms with Gasteiger partial charge in [-0.25, -0.2) is 0 Å². The third-order valence-corrected chi connectivity index (χ3v) is 4.44. The lowest BCUT2D eigenvalue weighted by Gasteiger charge is -2.02. The predicted octanol–water partition coefficient (Wildman–Crippen LogP) is 3.73. The summed E-state index contributed by atoms with van der Waals surface area (Å²) in [7, 11) is 0. The second-order valence-electron chi connectivity index (χ2n) is 4.44. The minimum Gasteiger partial charge on any atom is -0.359 e. The largest absolute Gasteiger partial charge is 0.359 e. The summed E-state index contributed by atoms with van der Waals surface area (Å²) in [6.45, 7) is 7.93. The molecule has 2 rings (SSSR count). The molecule has 0 saturated heterocycles. The molecule has 102 valence electrons. The van der Waals surface area contributed by atoms with Crippen LogP contribution in [0.3, 0.4) is 0 Å². The molecule has 0 saturated carbocycles. The van der Waals surface area contributed by atoms with Crippen molar-refractivity contribution in [2.24, 2.45) is 0 Å². The van der Waals surface area contributed by atoms with E-state index in [-0.39, 0.29) is 5.91 Å². The minimum atomic E-state index is -0.0891. The highest BCUT2D eigenvalue weighted by Gasteiger charge is 2.17. The number of aromatic nitrogens is 1. The summed E-state index contributed by atoms with van der Waals surface area (Å²) in [6.07, 6.45) is 1.66. The smallest absolute Gasteiger partial charge is 0.265 e. The van der Waals surface area contributed by atoms with Gasteiger partial charge in [0.05, 0.1) is 4.88 Å². The van der Waals surface area contributed by atoms with Gasteiger partial charge in [0, 0.05) is 11.3 Å². The summed E-state index contributed by atoms with van der Waals surface area (Å²) >= 11 is 1.55. The van der Waals surface area contributed by atoms with Gasteiger partial charge in [-0.05, 0) is 31.9 Å². The van der Waals surface area contributed by atoms with E-state index in [9.17, 15) is 4.79 Å². The molecule has 0 fully saturated rings. The maximum Gasteiger partial charge on any atom is 0.265 e. The summed E-state index contributed by atoms with van der Waals surface area (Å²) in [5, 5.41) is 6.79. The summed E-state index contributed by atoms with van der Waals surface area (Å²) in [5.74, 6) is 0.628. The first-order valence-corrected chi connectivity index (χ1v) is 7.24. The molecule has 0 radical (unpaired) electrons. The van der Waals surface area contributed by atoms with Crippen LogP contribution in [0.5, 0.6) is 0 Å². The third-order valence-electron chi connectivity index (χ3n) is 3.06. The maximum atomic E-state index is 12.2. The number of hydrogen-bond donors (Lipinski definition) is 1. The van der Waals surface area contributed by atoms with Crippen LogP contribution in [0.25, 0.3) is 0 Å². The lowest BCUT2D eigenvalue weighted by atomic mass is 10.2. The van der Waals surface area contributed by atoms with Gasteiger partial charge in [0.25, 0.3) is 5.91 Å². The van der Waals surface area contributed by atoms with Gasteiger partial charge >= 0.3 is 0 Å². The number of anilines is 1. The first-order chi connectivity index (χ1) is 9.06. The number of aryl methyl sites for hydroxylation is 4. The van der Waals surface area contributed by atoms with E-state index < -0.39 is 0 Å². The minimum absolute atomic E-state index is 0.0891. The molecule has 0 atom stereocenters. The summed E-state index contributed by atoms with van der Waals surface area (Å²) < 4.78 is 5.17. The zero-order chi connectivity index (χ0) is 14.0. The van der Waals surface area contributed by atoms with Gasteiger partial charge in [-0.1, -0.05) is 19.0 Å². The van der Waals surface area contributed by atoms with Crippen LogP contribution in [0.1, 0.15) is 45.4 Å². The monoisotopic (exact) mass is 278 g/mol. The second-order valence-corrected chi connectivity index (χ2v) is 5.58. The van der Waals surface area contributed by atoms with Gasteiger partial charge in [0.1, 0.15) is 11.4 Å². The number of thiophene rings is 1. The molecule has 2 heterocycles. The summed E-state index contributed by atoms with van der Waals surface area (Å²) in [5.41, 5.74) is 2.60. The van der Waals surface area contributed by atoms with E-state index in [4.69, 9.17) is 4.52 Å². The Hall–Kier alpha value is -1.62. The molecule has 0 unspecified atom stereocenters. The number of carbonyl (C=O) groups excluding carboxylic acids is 1. The van der Waals surface area contributed by atoms with E-state index in [0.717, 1.165) is 17.1 Å². The van der Waals surface area contributed by atoms with Crippen LogP contribution in [0.4, 0.5) is 5.69 Å². The van der Waals surface area contributed by atoms with E-state index in [0.29, 0.717) is 17.8 Å². The van der Waals surface area contributed by atoms with Crippen molar-refractivity contribution in [3.8, 4) is 0 Å². The molecule has 2 aromatic rings. The third kappa shape index (κ3) is 2.71. The molecule has 2 aromatic heterocycles. The quantitative estimate of drug-likeness (QED) is 0.927. The molecule has 0 aliphatic carbocycles. The van der Waals surface area contributed by atoms with Crippen LogP contribution >= 0.6 is 11.3 Å². The zero-order valence-corrected chi connectivity index (χ0v) is 12.5. The van der Waals surface area contributed by atoms with Gasteiger partial charge < -0.3 is 9.84 Å². The zero-order valence-electron chi connectivity index (χ0n) is 11.7. The fourth-order valence-electron chi connectivity index (χ4n) is 1.98. The molecule has 19 heavy (non-hydrogen) atoms. The van der Waals surface area contributed by atoms with Crippen LogP contribution in [0.2, 0.25) is 0 Å². The SMILES string of the molecule is CCc1onc(C)c1NC(=O)c1cc(C)c(CC)s1. The highest BCUT2D eigenvalue weighted by Crippen LogP contribution is 2.25. The van der Waals surface area contributed by atoms with Crippen LogP contribution in [0.15, 0.2) is 10.6 Å². The Balaban J connectivity index is 2.22. The van der Waals surface area contributed by atoms with E-state index in [1.165, 1.54) is 10.4 Å². The van der Waals surface area contributed by atoms with Crippen molar-refractivity contribution in [3.05, 3.63) is 32.8 Å². The molecular weight excluding hydrogens is 260 g/mol. The van der Waals surface area contributed by atoms with E-state index in [2.05, 4.69) is 17.4 Å². The first-order valence-electron chi connectivity index (χ1n) is 6.42. The molecule has 5 heteroatoms. The Bertz CT molecular complexity index is 599. The van der Waals surface area contributed by atoms with Crippen LogP contribution in [0, 0.1) is 13.8 Å².